The molecule has 3 aromatic heterocycles. The normalized spacial score (nSPS) is 17.7. The van der Waals surface area contributed by atoms with Crippen molar-refractivity contribution in [3.8, 4) is 5.88 Å². The fourth-order valence-electron chi connectivity index (χ4n) is 3.42. The van der Waals surface area contributed by atoms with Gasteiger partial charge in [0.15, 0.2) is 5.65 Å². The minimum Gasteiger partial charge on any atom is -0.476 e. The van der Waals surface area contributed by atoms with Crippen molar-refractivity contribution in [1.29, 1.82) is 0 Å². The predicted octanol–water partition coefficient (Wildman–Crippen LogP) is 3.02. The van der Waals surface area contributed by atoms with Crippen LogP contribution in [0.1, 0.15) is 18.7 Å². The number of anilines is 1. The summed E-state index contributed by atoms with van der Waals surface area (Å²) in [5.74, 6) is 2.61. The Balaban J connectivity index is 1.51. The smallest absolute Gasteiger partial charge is 0.232 e. The van der Waals surface area contributed by atoms with Crippen molar-refractivity contribution < 1.29 is 4.74 Å². The lowest BCUT2D eigenvalue weighted by atomic mass is 9.99. The van der Waals surface area contributed by atoms with Crippen LogP contribution in [0.25, 0.3) is 11.0 Å². The van der Waals surface area contributed by atoms with Gasteiger partial charge in [0, 0.05) is 32.3 Å². The van der Waals surface area contributed by atoms with Gasteiger partial charge in [-0.3, -0.25) is 4.68 Å². The van der Waals surface area contributed by atoms with Gasteiger partial charge in [0.25, 0.3) is 0 Å². The average Bonchev–Trinajstić information content (AvgIpc) is 3.01. The first-order chi connectivity index (χ1) is 12.6. The molecule has 0 aliphatic carbocycles. The van der Waals surface area contributed by atoms with Crippen molar-refractivity contribution in [1.82, 2.24) is 24.7 Å². The maximum absolute atomic E-state index is 6.13. The molecule has 7 nitrogen and oxygen atoms in total. The number of hydrogen-bond donors (Lipinski definition) is 0. The van der Waals surface area contributed by atoms with Crippen LogP contribution in [-0.2, 0) is 7.05 Å². The zero-order chi connectivity index (χ0) is 18.1. The second-order valence-electron chi connectivity index (χ2n) is 6.66. The summed E-state index contributed by atoms with van der Waals surface area (Å²) in [6.07, 6.45) is 5.74. The Bertz CT molecular complexity index is 927. The second-order valence-corrected chi connectivity index (χ2v) is 7.06. The number of rotatable bonds is 4. The third-order valence-electron chi connectivity index (χ3n) is 4.68. The van der Waals surface area contributed by atoms with Crippen molar-refractivity contribution in [2.45, 2.75) is 19.8 Å². The van der Waals surface area contributed by atoms with E-state index in [0.29, 0.717) is 23.4 Å². The van der Waals surface area contributed by atoms with Gasteiger partial charge < -0.3 is 9.64 Å². The van der Waals surface area contributed by atoms with Gasteiger partial charge in [-0.1, -0.05) is 11.6 Å². The van der Waals surface area contributed by atoms with E-state index in [4.69, 9.17) is 21.3 Å². The number of hydrogen-bond acceptors (Lipinski definition) is 6. The molecular formula is C18H21ClN6O. The lowest BCUT2D eigenvalue weighted by Crippen LogP contribution is -2.38. The van der Waals surface area contributed by atoms with Crippen LogP contribution in [0.4, 0.5) is 5.82 Å². The fourth-order valence-corrected chi connectivity index (χ4v) is 3.60. The van der Waals surface area contributed by atoms with E-state index < -0.39 is 0 Å². The molecule has 0 N–H and O–H groups in total. The summed E-state index contributed by atoms with van der Waals surface area (Å²) < 4.78 is 7.65. The first kappa shape index (κ1) is 17.0. The molecule has 0 aromatic carbocycles. The minimum atomic E-state index is 0.392. The minimum absolute atomic E-state index is 0.392. The molecule has 1 aliphatic rings. The van der Waals surface area contributed by atoms with E-state index in [2.05, 4.69) is 20.0 Å². The predicted molar refractivity (Wildman–Crippen MR) is 101 cm³/mol. The largest absolute Gasteiger partial charge is 0.476 e. The number of piperidine rings is 1. The third kappa shape index (κ3) is 3.31. The first-order valence-electron chi connectivity index (χ1n) is 8.76. The molecule has 4 heterocycles. The number of aryl methyl sites for hydroxylation is 2. The van der Waals surface area contributed by atoms with Gasteiger partial charge in [-0.25, -0.2) is 15.0 Å². The van der Waals surface area contributed by atoms with E-state index in [1.54, 1.807) is 23.0 Å². The molecule has 0 amide bonds. The molecule has 0 bridgehead atoms. The summed E-state index contributed by atoms with van der Waals surface area (Å²) >= 11 is 6.13. The van der Waals surface area contributed by atoms with Crippen molar-refractivity contribution >= 4 is 28.5 Å². The number of fused-ring (bicyclic) bond motifs is 1. The standard InChI is InChI=1S/C18H21ClN6O/c1-12-22-16-14(9-21-24(16)2)17(23-12)25-8-4-5-13(10-25)11-26-18-15(19)6-3-7-20-18/h3,6-7,9,13H,4-5,8,10-11H2,1-2H3. The summed E-state index contributed by atoms with van der Waals surface area (Å²) in [5, 5.41) is 5.88. The van der Waals surface area contributed by atoms with E-state index in [-0.39, 0.29) is 0 Å². The van der Waals surface area contributed by atoms with Crippen LogP contribution in [0.5, 0.6) is 5.88 Å². The van der Waals surface area contributed by atoms with Crippen LogP contribution in [0.3, 0.4) is 0 Å². The van der Waals surface area contributed by atoms with Gasteiger partial charge in [-0.05, 0) is 31.9 Å². The van der Waals surface area contributed by atoms with Crippen molar-refractivity contribution in [2.24, 2.45) is 13.0 Å². The lowest BCUT2D eigenvalue weighted by molar-refractivity contribution is 0.222. The summed E-state index contributed by atoms with van der Waals surface area (Å²) in [7, 11) is 1.90. The highest BCUT2D eigenvalue weighted by molar-refractivity contribution is 6.31. The van der Waals surface area contributed by atoms with Gasteiger partial charge in [0.05, 0.1) is 18.2 Å². The van der Waals surface area contributed by atoms with Crippen molar-refractivity contribution in [3.63, 3.8) is 0 Å². The van der Waals surface area contributed by atoms with Crippen LogP contribution in [0.15, 0.2) is 24.5 Å². The fraction of sp³-hybridized carbons (Fsp3) is 0.444. The van der Waals surface area contributed by atoms with Gasteiger partial charge >= 0.3 is 0 Å². The van der Waals surface area contributed by atoms with E-state index in [9.17, 15) is 0 Å². The highest BCUT2D eigenvalue weighted by atomic mass is 35.5. The molecule has 1 aliphatic heterocycles. The van der Waals surface area contributed by atoms with Gasteiger partial charge in [0.1, 0.15) is 16.7 Å². The Kier molecular flexibility index (Phi) is 4.63. The molecule has 26 heavy (non-hydrogen) atoms. The molecule has 3 aromatic rings. The Morgan fingerprint density at radius 1 is 1.35 bits per heavy atom. The van der Waals surface area contributed by atoms with Crippen LogP contribution < -0.4 is 9.64 Å². The first-order valence-corrected chi connectivity index (χ1v) is 9.14. The van der Waals surface area contributed by atoms with E-state index in [0.717, 1.165) is 48.6 Å². The number of aromatic nitrogens is 5. The zero-order valence-corrected chi connectivity index (χ0v) is 15.6. The summed E-state index contributed by atoms with van der Waals surface area (Å²) in [5.41, 5.74) is 0.867. The lowest BCUT2D eigenvalue weighted by Gasteiger charge is -2.33. The molecule has 1 unspecified atom stereocenters. The summed E-state index contributed by atoms with van der Waals surface area (Å²) in [6, 6.07) is 3.59. The molecule has 8 heteroatoms. The number of nitrogens with zero attached hydrogens (tertiary/aromatic N) is 6. The maximum Gasteiger partial charge on any atom is 0.232 e. The molecule has 0 saturated carbocycles. The number of pyridine rings is 1. The van der Waals surface area contributed by atoms with Crippen LogP contribution >= 0.6 is 11.6 Å². The topological polar surface area (TPSA) is 69.0 Å². The van der Waals surface area contributed by atoms with Gasteiger partial charge in [-0.2, -0.15) is 5.10 Å². The molecule has 0 spiro atoms. The Labute approximate surface area is 157 Å². The summed E-state index contributed by atoms with van der Waals surface area (Å²) in [6.45, 7) is 4.36. The van der Waals surface area contributed by atoms with E-state index in [1.807, 2.05) is 20.2 Å². The van der Waals surface area contributed by atoms with Crippen molar-refractivity contribution in [3.05, 3.63) is 35.4 Å². The number of ether oxygens (including phenoxy) is 1. The Morgan fingerprint density at radius 3 is 3.08 bits per heavy atom. The zero-order valence-electron chi connectivity index (χ0n) is 14.9. The maximum atomic E-state index is 6.13. The average molecular weight is 373 g/mol. The van der Waals surface area contributed by atoms with Gasteiger partial charge in [0.2, 0.25) is 5.88 Å². The Morgan fingerprint density at radius 2 is 2.23 bits per heavy atom. The summed E-state index contributed by atoms with van der Waals surface area (Å²) in [4.78, 5) is 15.7. The van der Waals surface area contributed by atoms with Crippen LogP contribution in [0, 0.1) is 12.8 Å². The molecule has 136 valence electrons. The quantitative estimate of drug-likeness (QED) is 0.701. The highest BCUT2D eigenvalue weighted by Crippen LogP contribution is 2.29. The Hall–Kier alpha value is -2.41. The molecule has 1 saturated heterocycles. The van der Waals surface area contributed by atoms with E-state index in [1.165, 1.54) is 0 Å². The molecule has 0 radical (unpaired) electrons. The molecule has 1 fully saturated rings. The van der Waals surface area contributed by atoms with E-state index >= 15 is 0 Å². The SMILES string of the molecule is Cc1nc(N2CCCC(COc3ncccc3Cl)C2)c2cnn(C)c2n1. The third-order valence-corrected chi connectivity index (χ3v) is 4.97. The monoisotopic (exact) mass is 372 g/mol. The molecular weight excluding hydrogens is 352 g/mol. The highest BCUT2D eigenvalue weighted by Gasteiger charge is 2.24. The van der Waals surface area contributed by atoms with Gasteiger partial charge in [-0.15, -0.1) is 0 Å². The number of halogens is 1. The molecule has 4 rings (SSSR count). The second kappa shape index (κ2) is 7.07. The van der Waals surface area contributed by atoms with Crippen molar-refractivity contribution in [2.75, 3.05) is 24.6 Å². The molecule has 1 atom stereocenters. The van der Waals surface area contributed by atoms with Crippen LogP contribution in [-0.4, -0.2) is 44.4 Å². The van der Waals surface area contributed by atoms with Crippen LogP contribution in [0.2, 0.25) is 5.02 Å².